The molecule has 0 spiro atoms. The third kappa shape index (κ3) is 3.55. The maximum Gasteiger partial charge on any atom is 0.110 e. The van der Waals surface area contributed by atoms with Crippen LogP contribution in [0.5, 0.6) is 0 Å². The Morgan fingerprint density at radius 1 is 1.32 bits per heavy atom. The molecule has 0 aromatic carbocycles. The number of nitrogens with zero attached hydrogens (tertiary/aromatic N) is 3. The molecule has 1 N–H and O–H groups in total. The number of pyridine rings is 1. The highest BCUT2D eigenvalue weighted by atomic mass is 35.5. The molecule has 4 nitrogen and oxygen atoms in total. The second-order valence-electron chi connectivity index (χ2n) is 4.35. The van der Waals surface area contributed by atoms with E-state index in [4.69, 9.17) is 11.6 Å². The summed E-state index contributed by atoms with van der Waals surface area (Å²) >= 11 is 5.88. The van der Waals surface area contributed by atoms with Gasteiger partial charge in [-0.2, -0.15) is 0 Å². The van der Waals surface area contributed by atoms with Crippen LogP contribution < -0.4 is 5.32 Å². The van der Waals surface area contributed by atoms with Gasteiger partial charge < -0.3 is 9.88 Å². The van der Waals surface area contributed by atoms with Crippen LogP contribution in [-0.4, -0.2) is 21.1 Å². The number of hydrogen-bond donors (Lipinski definition) is 1. The van der Waals surface area contributed by atoms with Crippen molar-refractivity contribution in [3.05, 3.63) is 47.3 Å². The van der Waals surface area contributed by atoms with Crippen molar-refractivity contribution in [2.45, 2.75) is 32.9 Å². The molecule has 2 aromatic rings. The maximum atomic E-state index is 5.88. The third-order valence-electron chi connectivity index (χ3n) is 3.09. The fraction of sp³-hybridized carbons (Fsp3) is 0.429. The lowest BCUT2D eigenvalue weighted by molar-refractivity contribution is 0.511. The van der Waals surface area contributed by atoms with Crippen LogP contribution in [0.4, 0.5) is 0 Å². The van der Waals surface area contributed by atoms with Crippen LogP contribution in [0.1, 0.15) is 31.4 Å². The van der Waals surface area contributed by atoms with Gasteiger partial charge in [-0.25, -0.2) is 4.98 Å². The minimum atomic E-state index is 0.162. The molecule has 0 aliphatic carbocycles. The van der Waals surface area contributed by atoms with E-state index in [1.54, 1.807) is 6.20 Å². The van der Waals surface area contributed by atoms with Crippen LogP contribution in [0.2, 0.25) is 5.02 Å². The minimum Gasteiger partial charge on any atom is -0.335 e. The molecule has 0 bridgehead atoms. The molecule has 0 saturated carbocycles. The number of aromatic nitrogens is 3. The van der Waals surface area contributed by atoms with Crippen molar-refractivity contribution in [1.82, 2.24) is 19.9 Å². The van der Waals surface area contributed by atoms with Crippen molar-refractivity contribution < 1.29 is 0 Å². The van der Waals surface area contributed by atoms with Crippen molar-refractivity contribution >= 4 is 11.6 Å². The Balaban J connectivity index is 2.18. The van der Waals surface area contributed by atoms with E-state index in [1.807, 2.05) is 24.5 Å². The molecule has 1 unspecified atom stereocenters. The third-order valence-corrected chi connectivity index (χ3v) is 3.31. The Hall–Kier alpha value is -1.39. The highest BCUT2D eigenvalue weighted by Crippen LogP contribution is 2.17. The molecule has 102 valence electrons. The number of rotatable bonds is 6. The van der Waals surface area contributed by atoms with Gasteiger partial charge in [-0.05, 0) is 25.6 Å². The Kier molecular flexibility index (Phi) is 4.93. The second kappa shape index (κ2) is 6.68. The SMILES string of the molecule is CCNC(Cc1nccn1CC)c1ccc(Cl)cn1. The quantitative estimate of drug-likeness (QED) is 0.884. The molecular weight excluding hydrogens is 260 g/mol. The molecule has 0 amide bonds. The van der Waals surface area contributed by atoms with E-state index in [0.717, 1.165) is 31.0 Å². The van der Waals surface area contributed by atoms with Crippen LogP contribution in [0.3, 0.4) is 0 Å². The van der Waals surface area contributed by atoms with E-state index in [9.17, 15) is 0 Å². The molecule has 0 fully saturated rings. The number of hydrogen-bond acceptors (Lipinski definition) is 3. The van der Waals surface area contributed by atoms with E-state index < -0.39 is 0 Å². The summed E-state index contributed by atoms with van der Waals surface area (Å²) in [6.07, 6.45) is 6.36. The number of nitrogens with one attached hydrogen (secondary N) is 1. The van der Waals surface area contributed by atoms with Crippen molar-refractivity contribution in [3.63, 3.8) is 0 Å². The van der Waals surface area contributed by atoms with E-state index in [0.29, 0.717) is 5.02 Å². The average molecular weight is 279 g/mol. The summed E-state index contributed by atoms with van der Waals surface area (Å²) in [7, 11) is 0. The first-order valence-electron chi connectivity index (χ1n) is 6.59. The topological polar surface area (TPSA) is 42.7 Å². The summed E-state index contributed by atoms with van der Waals surface area (Å²) in [5, 5.41) is 4.11. The van der Waals surface area contributed by atoms with Gasteiger partial charge in [0.05, 0.1) is 16.8 Å². The lowest BCUT2D eigenvalue weighted by atomic mass is 10.1. The summed E-state index contributed by atoms with van der Waals surface area (Å²) in [6.45, 7) is 6.03. The molecule has 5 heteroatoms. The van der Waals surface area contributed by atoms with E-state index >= 15 is 0 Å². The van der Waals surface area contributed by atoms with Gasteiger partial charge in [0, 0.05) is 31.6 Å². The molecule has 1 atom stereocenters. The fourth-order valence-electron chi connectivity index (χ4n) is 2.12. The highest BCUT2D eigenvalue weighted by molar-refractivity contribution is 6.30. The van der Waals surface area contributed by atoms with Gasteiger partial charge in [0.1, 0.15) is 5.82 Å². The van der Waals surface area contributed by atoms with Gasteiger partial charge in [0.15, 0.2) is 0 Å². The lowest BCUT2D eigenvalue weighted by Crippen LogP contribution is -2.25. The first kappa shape index (κ1) is 14.0. The summed E-state index contributed by atoms with van der Waals surface area (Å²) in [5.41, 5.74) is 0.997. The number of imidazole rings is 1. The average Bonchev–Trinajstić information content (AvgIpc) is 2.86. The molecule has 0 aliphatic rings. The van der Waals surface area contributed by atoms with Crippen molar-refractivity contribution in [2.24, 2.45) is 0 Å². The summed E-state index contributed by atoms with van der Waals surface area (Å²) in [6, 6.07) is 4.00. The summed E-state index contributed by atoms with van der Waals surface area (Å²) in [4.78, 5) is 8.82. The van der Waals surface area contributed by atoms with Crippen LogP contribution in [-0.2, 0) is 13.0 Å². The van der Waals surface area contributed by atoms with Gasteiger partial charge in [-0.3, -0.25) is 4.98 Å². The Bertz CT molecular complexity index is 506. The number of halogens is 1. The van der Waals surface area contributed by atoms with Gasteiger partial charge in [0.25, 0.3) is 0 Å². The smallest absolute Gasteiger partial charge is 0.110 e. The van der Waals surface area contributed by atoms with E-state index in [-0.39, 0.29) is 6.04 Å². The molecule has 0 saturated heterocycles. The molecule has 0 radical (unpaired) electrons. The minimum absolute atomic E-state index is 0.162. The highest BCUT2D eigenvalue weighted by Gasteiger charge is 2.15. The summed E-state index contributed by atoms with van der Waals surface area (Å²) < 4.78 is 2.15. The largest absolute Gasteiger partial charge is 0.335 e. The zero-order valence-corrected chi connectivity index (χ0v) is 12.1. The number of likely N-dealkylation sites (N-methyl/N-ethyl adjacent to an activating group) is 1. The molecular formula is C14H19ClN4. The van der Waals surface area contributed by atoms with Gasteiger partial charge in [-0.15, -0.1) is 0 Å². The number of aryl methyl sites for hydroxylation is 1. The van der Waals surface area contributed by atoms with Gasteiger partial charge in [0.2, 0.25) is 0 Å². The lowest BCUT2D eigenvalue weighted by Gasteiger charge is -2.17. The van der Waals surface area contributed by atoms with Gasteiger partial charge in [-0.1, -0.05) is 18.5 Å². The Morgan fingerprint density at radius 2 is 2.16 bits per heavy atom. The van der Waals surface area contributed by atoms with Crippen molar-refractivity contribution in [3.8, 4) is 0 Å². The van der Waals surface area contributed by atoms with E-state index in [2.05, 4.69) is 33.7 Å². The zero-order valence-electron chi connectivity index (χ0n) is 11.3. The predicted octanol–water partition coefficient (Wildman–Crippen LogP) is 2.84. The maximum absolute atomic E-state index is 5.88. The zero-order chi connectivity index (χ0) is 13.7. The molecule has 2 rings (SSSR count). The molecule has 19 heavy (non-hydrogen) atoms. The van der Waals surface area contributed by atoms with E-state index in [1.165, 1.54) is 0 Å². The monoisotopic (exact) mass is 278 g/mol. The van der Waals surface area contributed by atoms with Crippen LogP contribution in [0, 0.1) is 0 Å². The standard InChI is InChI=1S/C14H19ClN4/c1-3-16-13(12-6-5-11(15)10-18-12)9-14-17-7-8-19(14)4-2/h5-8,10,13,16H,3-4,9H2,1-2H3. The molecule has 2 heterocycles. The van der Waals surface area contributed by atoms with Crippen LogP contribution in [0.25, 0.3) is 0 Å². The molecule has 2 aromatic heterocycles. The predicted molar refractivity (Wildman–Crippen MR) is 77.3 cm³/mol. The normalized spacial score (nSPS) is 12.6. The van der Waals surface area contributed by atoms with Crippen molar-refractivity contribution in [2.75, 3.05) is 6.54 Å². The Labute approximate surface area is 118 Å². The van der Waals surface area contributed by atoms with Gasteiger partial charge >= 0.3 is 0 Å². The first-order valence-corrected chi connectivity index (χ1v) is 6.97. The second-order valence-corrected chi connectivity index (χ2v) is 4.78. The molecule has 0 aliphatic heterocycles. The first-order chi connectivity index (χ1) is 9.24. The van der Waals surface area contributed by atoms with Crippen LogP contribution >= 0.6 is 11.6 Å². The Morgan fingerprint density at radius 3 is 2.79 bits per heavy atom. The van der Waals surface area contributed by atoms with Crippen LogP contribution in [0.15, 0.2) is 30.7 Å². The fourth-order valence-corrected chi connectivity index (χ4v) is 2.23. The van der Waals surface area contributed by atoms with Crippen molar-refractivity contribution in [1.29, 1.82) is 0 Å². The summed E-state index contributed by atoms with van der Waals surface area (Å²) in [5.74, 6) is 1.07.